The van der Waals surface area contributed by atoms with Crippen molar-refractivity contribution in [2.24, 2.45) is 5.92 Å². The Labute approximate surface area is 150 Å². The summed E-state index contributed by atoms with van der Waals surface area (Å²) >= 11 is 6.19. The van der Waals surface area contributed by atoms with Crippen LogP contribution >= 0.6 is 11.6 Å². The van der Waals surface area contributed by atoms with Crippen LogP contribution in [-0.2, 0) is 5.60 Å². The summed E-state index contributed by atoms with van der Waals surface area (Å²) in [6.07, 6.45) is 2.05. The summed E-state index contributed by atoms with van der Waals surface area (Å²) in [5.41, 5.74) is 1.73. The Kier molecular flexibility index (Phi) is 6.22. The van der Waals surface area contributed by atoms with E-state index in [0.717, 1.165) is 23.2 Å². The van der Waals surface area contributed by atoms with Crippen molar-refractivity contribution in [2.45, 2.75) is 19.4 Å². The topological polar surface area (TPSA) is 23.5 Å². The Hall–Kier alpha value is -1.61. The van der Waals surface area contributed by atoms with Gasteiger partial charge in [-0.15, -0.1) is 0 Å². The summed E-state index contributed by atoms with van der Waals surface area (Å²) in [7, 11) is 4.04. The van der Waals surface area contributed by atoms with Gasteiger partial charge in [-0.3, -0.25) is 0 Å². The smallest absolute Gasteiger partial charge is 0.114 e. The van der Waals surface area contributed by atoms with Crippen LogP contribution in [0.1, 0.15) is 25.0 Å². The Balaban J connectivity index is 2.52. The normalized spacial score (nSPS) is 16.0. The highest BCUT2D eigenvalue weighted by molar-refractivity contribution is 6.30. The first kappa shape index (κ1) is 18.7. The molecular formula is C21H26ClNO. The lowest BCUT2D eigenvalue weighted by atomic mass is 9.76. The SMILES string of the molecule is C/C(=C/c1ccccc1)C(O)(c1cccc(Cl)c1)C(C)CN(C)C. The van der Waals surface area contributed by atoms with Crippen LogP contribution in [0, 0.1) is 5.92 Å². The van der Waals surface area contributed by atoms with Gasteiger partial charge in [0.2, 0.25) is 0 Å². The van der Waals surface area contributed by atoms with Gasteiger partial charge in [-0.25, -0.2) is 0 Å². The van der Waals surface area contributed by atoms with E-state index in [9.17, 15) is 5.11 Å². The fraction of sp³-hybridized carbons (Fsp3) is 0.333. The van der Waals surface area contributed by atoms with Gasteiger partial charge in [-0.05, 0) is 49.9 Å². The number of halogens is 1. The van der Waals surface area contributed by atoms with Crippen molar-refractivity contribution in [1.29, 1.82) is 0 Å². The standard InChI is InChI=1S/C21H26ClNO/c1-16(13-18-9-6-5-7-10-18)21(24,17(2)15-23(3)4)19-11-8-12-20(22)14-19/h5-14,17,24H,15H2,1-4H3/b16-13-. The van der Waals surface area contributed by atoms with Crippen molar-refractivity contribution in [1.82, 2.24) is 4.90 Å². The van der Waals surface area contributed by atoms with Crippen LogP contribution in [-0.4, -0.2) is 30.6 Å². The fourth-order valence-electron chi connectivity index (χ4n) is 3.22. The molecule has 2 aromatic rings. The molecule has 0 amide bonds. The summed E-state index contributed by atoms with van der Waals surface area (Å²) < 4.78 is 0. The molecule has 0 saturated carbocycles. The second-order valence-electron chi connectivity index (χ2n) is 6.68. The molecule has 2 nitrogen and oxygen atoms in total. The molecule has 0 aliphatic rings. The van der Waals surface area contributed by atoms with Crippen LogP contribution in [0.5, 0.6) is 0 Å². The molecule has 2 atom stereocenters. The Morgan fingerprint density at radius 2 is 1.83 bits per heavy atom. The molecule has 3 heteroatoms. The summed E-state index contributed by atoms with van der Waals surface area (Å²) in [6.45, 7) is 4.83. The van der Waals surface area contributed by atoms with Crippen molar-refractivity contribution in [2.75, 3.05) is 20.6 Å². The lowest BCUT2D eigenvalue weighted by molar-refractivity contribution is 0.0105. The van der Waals surface area contributed by atoms with Gasteiger partial charge in [0, 0.05) is 17.5 Å². The predicted molar refractivity (Wildman–Crippen MR) is 103 cm³/mol. The lowest BCUT2D eigenvalue weighted by Crippen LogP contribution is -2.40. The quantitative estimate of drug-likeness (QED) is 0.812. The van der Waals surface area contributed by atoms with Crippen LogP contribution in [0.15, 0.2) is 60.2 Å². The van der Waals surface area contributed by atoms with E-state index < -0.39 is 5.60 Å². The number of rotatable bonds is 6. The van der Waals surface area contributed by atoms with Crippen LogP contribution < -0.4 is 0 Å². The third-order valence-electron chi connectivity index (χ3n) is 4.40. The van der Waals surface area contributed by atoms with Gasteiger partial charge in [-0.2, -0.15) is 0 Å². The van der Waals surface area contributed by atoms with Crippen LogP contribution in [0.4, 0.5) is 0 Å². The zero-order valence-electron chi connectivity index (χ0n) is 14.8. The summed E-state index contributed by atoms with van der Waals surface area (Å²) in [6, 6.07) is 17.6. The first-order valence-corrected chi connectivity index (χ1v) is 8.58. The minimum atomic E-state index is -1.08. The number of nitrogens with zero attached hydrogens (tertiary/aromatic N) is 1. The molecule has 0 spiro atoms. The summed E-state index contributed by atoms with van der Waals surface area (Å²) in [5.74, 6) is 0.00549. The molecule has 0 radical (unpaired) electrons. The first-order valence-electron chi connectivity index (χ1n) is 8.21. The number of aliphatic hydroxyl groups is 1. The number of hydrogen-bond acceptors (Lipinski definition) is 2. The second-order valence-corrected chi connectivity index (χ2v) is 7.11. The molecule has 0 aliphatic carbocycles. The largest absolute Gasteiger partial charge is 0.380 e. The molecule has 0 heterocycles. The maximum Gasteiger partial charge on any atom is 0.114 e. The number of benzene rings is 2. The monoisotopic (exact) mass is 343 g/mol. The predicted octanol–water partition coefficient (Wildman–Crippen LogP) is 4.83. The molecule has 2 rings (SSSR count). The average molecular weight is 344 g/mol. The third kappa shape index (κ3) is 4.27. The molecule has 1 N–H and O–H groups in total. The molecule has 0 saturated heterocycles. The van der Waals surface area contributed by atoms with Crippen LogP contribution in [0.2, 0.25) is 5.02 Å². The van der Waals surface area contributed by atoms with E-state index in [1.54, 1.807) is 0 Å². The van der Waals surface area contributed by atoms with Gasteiger partial charge < -0.3 is 10.0 Å². The van der Waals surface area contributed by atoms with Crippen LogP contribution in [0.3, 0.4) is 0 Å². The second kappa shape index (κ2) is 7.98. The Morgan fingerprint density at radius 1 is 1.17 bits per heavy atom. The van der Waals surface area contributed by atoms with Gasteiger partial charge in [0.25, 0.3) is 0 Å². The molecule has 0 fully saturated rings. The Bertz CT molecular complexity index is 696. The lowest BCUT2D eigenvalue weighted by Gasteiger charge is -2.37. The zero-order chi connectivity index (χ0) is 17.7. The van der Waals surface area contributed by atoms with Gasteiger partial charge in [0.15, 0.2) is 0 Å². The van der Waals surface area contributed by atoms with Gasteiger partial charge >= 0.3 is 0 Å². The van der Waals surface area contributed by atoms with Crippen molar-refractivity contribution >= 4 is 17.7 Å². The fourth-order valence-corrected chi connectivity index (χ4v) is 3.41. The van der Waals surface area contributed by atoms with E-state index in [0.29, 0.717) is 5.02 Å². The van der Waals surface area contributed by atoms with Gasteiger partial charge in [0.1, 0.15) is 5.60 Å². The molecule has 2 unspecified atom stereocenters. The highest BCUT2D eigenvalue weighted by Gasteiger charge is 2.37. The highest BCUT2D eigenvalue weighted by atomic mass is 35.5. The van der Waals surface area contributed by atoms with Crippen molar-refractivity contribution < 1.29 is 5.11 Å². The van der Waals surface area contributed by atoms with E-state index in [1.807, 2.05) is 81.7 Å². The van der Waals surface area contributed by atoms with Crippen molar-refractivity contribution in [3.05, 3.63) is 76.3 Å². The van der Waals surface area contributed by atoms with E-state index >= 15 is 0 Å². The molecule has 0 aliphatic heterocycles. The minimum absolute atomic E-state index is 0.00549. The molecule has 24 heavy (non-hydrogen) atoms. The maximum absolute atomic E-state index is 11.7. The highest BCUT2D eigenvalue weighted by Crippen LogP contribution is 2.38. The molecular weight excluding hydrogens is 318 g/mol. The summed E-state index contributed by atoms with van der Waals surface area (Å²) in [5, 5.41) is 12.3. The average Bonchev–Trinajstić information content (AvgIpc) is 2.54. The molecule has 0 aromatic heterocycles. The third-order valence-corrected chi connectivity index (χ3v) is 4.64. The van der Waals surface area contributed by atoms with E-state index in [4.69, 9.17) is 11.6 Å². The maximum atomic E-state index is 11.7. The zero-order valence-corrected chi connectivity index (χ0v) is 15.6. The van der Waals surface area contributed by atoms with Gasteiger partial charge in [-0.1, -0.05) is 67.1 Å². The van der Waals surface area contributed by atoms with Crippen molar-refractivity contribution in [3.63, 3.8) is 0 Å². The molecule has 0 bridgehead atoms. The number of hydrogen-bond donors (Lipinski definition) is 1. The Morgan fingerprint density at radius 3 is 2.42 bits per heavy atom. The van der Waals surface area contributed by atoms with E-state index in [2.05, 4.69) is 11.8 Å². The first-order chi connectivity index (χ1) is 11.3. The van der Waals surface area contributed by atoms with Crippen molar-refractivity contribution in [3.8, 4) is 0 Å². The van der Waals surface area contributed by atoms with E-state index in [1.165, 1.54) is 0 Å². The van der Waals surface area contributed by atoms with Gasteiger partial charge in [0.05, 0.1) is 0 Å². The summed E-state index contributed by atoms with van der Waals surface area (Å²) in [4.78, 5) is 2.09. The van der Waals surface area contributed by atoms with Crippen LogP contribution in [0.25, 0.3) is 6.08 Å². The molecule has 2 aromatic carbocycles. The molecule has 128 valence electrons. The van der Waals surface area contributed by atoms with E-state index in [-0.39, 0.29) is 5.92 Å². The minimum Gasteiger partial charge on any atom is -0.380 e.